The van der Waals surface area contributed by atoms with Crippen molar-refractivity contribution < 1.29 is 33.5 Å². The number of nitrogens with one attached hydrogen (secondary N) is 2. The first kappa shape index (κ1) is 27.9. The Kier molecular flexibility index (Phi) is 6.77. The molecule has 2 fully saturated rings. The molecule has 0 spiro atoms. The van der Waals surface area contributed by atoms with Gasteiger partial charge in [-0.3, -0.25) is 19.1 Å². The Bertz CT molecular complexity index is 1800. The maximum atomic E-state index is 15.2. The Hall–Kier alpha value is -3.23. The third-order valence-corrected chi connectivity index (χ3v) is 11.0. The summed E-state index contributed by atoms with van der Waals surface area (Å²) in [6, 6.07) is 0. The molecule has 6 rings (SSSR count). The van der Waals surface area contributed by atoms with Gasteiger partial charge in [-0.25, -0.2) is 14.4 Å². The Balaban J connectivity index is 1.26. The standard InChI is InChI=1S/C20H24FN10O8PS/c1-20(2-7(3-32)38-18(20)30-6-25-10-14(30)26-19(22)27-16(10)35)40(36,41)37-4-8-12(33)9(21)17(39-8)31-13-11(28-29-31)15(34)24-5-23-13/h5-9,12,17-18,32-33H,2-4H2,1H3,(H,36,41)(H,23,24,34)(H3,22,26,27,35)/t7-,8+,9-,12+,17+,18+,20-,40?/m0/s1. The number of alkyl halides is 1. The number of aliphatic hydroxyl groups excluding tert-OH is 2. The molecular formula is C20H24FN10O8PS. The molecule has 4 aromatic heterocycles. The Morgan fingerprint density at radius 2 is 2.07 bits per heavy atom. The van der Waals surface area contributed by atoms with Crippen molar-refractivity contribution in [1.29, 1.82) is 0 Å². The van der Waals surface area contributed by atoms with Gasteiger partial charge in [0.15, 0.2) is 47.4 Å². The van der Waals surface area contributed by atoms with E-state index in [-0.39, 0.29) is 34.7 Å². The number of nitrogens with two attached hydrogens (primary N) is 1. The van der Waals surface area contributed by atoms with Crippen molar-refractivity contribution in [3.8, 4) is 0 Å². The fraction of sp³-hybridized carbons (Fsp3) is 0.550. The van der Waals surface area contributed by atoms with Crippen molar-refractivity contribution >= 4 is 46.6 Å². The lowest BCUT2D eigenvalue weighted by molar-refractivity contribution is -0.0488. The molecule has 18 nitrogen and oxygen atoms in total. The van der Waals surface area contributed by atoms with Gasteiger partial charge in [0.05, 0.1) is 37.1 Å². The molecule has 8 atom stereocenters. The number of aliphatic hydroxyl groups is 2. The van der Waals surface area contributed by atoms with Crippen molar-refractivity contribution in [2.45, 2.75) is 55.4 Å². The molecule has 21 heteroatoms. The number of aromatic nitrogens is 9. The lowest BCUT2D eigenvalue weighted by Crippen LogP contribution is -2.36. The summed E-state index contributed by atoms with van der Waals surface area (Å²) in [5.41, 5.74) is 4.34. The van der Waals surface area contributed by atoms with Crippen molar-refractivity contribution in [3.63, 3.8) is 0 Å². The van der Waals surface area contributed by atoms with Gasteiger partial charge < -0.3 is 39.8 Å². The number of rotatable bonds is 7. The molecule has 0 amide bonds. The third-order valence-electron chi connectivity index (χ3n) is 7.26. The lowest BCUT2D eigenvalue weighted by atomic mass is 10.0. The lowest BCUT2D eigenvalue weighted by Gasteiger charge is -2.37. The van der Waals surface area contributed by atoms with E-state index in [1.54, 1.807) is 6.92 Å². The highest BCUT2D eigenvalue weighted by Gasteiger charge is 2.57. The summed E-state index contributed by atoms with van der Waals surface area (Å²) >= 11 is 5.56. The number of anilines is 1. The van der Waals surface area contributed by atoms with Gasteiger partial charge in [0.1, 0.15) is 12.2 Å². The van der Waals surface area contributed by atoms with Crippen LogP contribution in [-0.4, -0.2) is 102 Å². The number of H-pyrrole nitrogens is 2. The van der Waals surface area contributed by atoms with Crippen LogP contribution in [0.4, 0.5) is 10.3 Å². The molecule has 2 aliphatic heterocycles. The summed E-state index contributed by atoms with van der Waals surface area (Å²) < 4.78 is 34.9. The fourth-order valence-electron chi connectivity index (χ4n) is 5.09. The van der Waals surface area contributed by atoms with Crippen molar-refractivity contribution in [2.75, 3.05) is 18.9 Å². The van der Waals surface area contributed by atoms with Crippen LogP contribution in [0.2, 0.25) is 0 Å². The van der Waals surface area contributed by atoms with E-state index in [2.05, 4.69) is 35.2 Å². The smallest absolute Gasteiger partial charge is 0.280 e. The zero-order valence-corrected chi connectivity index (χ0v) is 22.8. The second-order valence-corrected chi connectivity index (χ2v) is 13.7. The minimum absolute atomic E-state index is 0.0356. The minimum Gasteiger partial charge on any atom is -0.394 e. The first-order valence-corrected chi connectivity index (χ1v) is 14.8. The predicted octanol–water partition coefficient (Wildman–Crippen LogP) is -1.82. The molecule has 2 aliphatic rings. The zero-order valence-electron chi connectivity index (χ0n) is 21.1. The fourth-order valence-corrected chi connectivity index (χ4v) is 7.31. The van der Waals surface area contributed by atoms with Crippen LogP contribution in [0.5, 0.6) is 0 Å². The molecule has 0 aromatic carbocycles. The maximum absolute atomic E-state index is 15.2. The normalized spacial score (nSPS) is 31.7. The summed E-state index contributed by atoms with van der Waals surface area (Å²) in [5, 5.41) is 26.5. The second-order valence-electron chi connectivity index (χ2n) is 9.88. The van der Waals surface area contributed by atoms with Gasteiger partial charge in [0.2, 0.25) is 5.95 Å². The van der Waals surface area contributed by atoms with Crippen LogP contribution < -0.4 is 16.9 Å². The first-order chi connectivity index (χ1) is 19.4. The summed E-state index contributed by atoms with van der Waals surface area (Å²) in [5.74, 6) is -0.176. The van der Waals surface area contributed by atoms with Gasteiger partial charge in [-0.1, -0.05) is 5.21 Å². The molecule has 7 N–H and O–H groups in total. The number of fused-ring (bicyclic) bond motifs is 2. The first-order valence-electron chi connectivity index (χ1n) is 12.2. The van der Waals surface area contributed by atoms with Gasteiger partial charge >= 0.3 is 0 Å². The van der Waals surface area contributed by atoms with E-state index in [0.29, 0.717) is 0 Å². The van der Waals surface area contributed by atoms with E-state index in [1.807, 2.05) is 0 Å². The molecular weight excluding hydrogens is 590 g/mol. The molecule has 0 radical (unpaired) electrons. The monoisotopic (exact) mass is 614 g/mol. The number of nitrogens with zero attached hydrogens (tertiary/aromatic N) is 7. The molecule has 0 saturated carbocycles. The van der Waals surface area contributed by atoms with Gasteiger partial charge in [-0.2, -0.15) is 9.67 Å². The predicted molar refractivity (Wildman–Crippen MR) is 140 cm³/mol. The molecule has 41 heavy (non-hydrogen) atoms. The van der Waals surface area contributed by atoms with Crippen LogP contribution in [0.1, 0.15) is 25.8 Å². The number of imidazole rings is 1. The minimum atomic E-state index is -3.93. The maximum Gasteiger partial charge on any atom is 0.280 e. The van der Waals surface area contributed by atoms with E-state index in [9.17, 15) is 24.7 Å². The molecule has 220 valence electrons. The summed E-state index contributed by atoms with van der Waals surface area (Å²) in [6.45, 7) is -3.30. The number of aromatic amines is 2. The number of hydrogen-bond acceptors (Lipinski definition) is 14. The molecule has 0 bridgehead atoms. The van der Waals surface area contributed by atoms with Crippen molar-refractivity contribution in [1.82, 2.24) is 44.5 Å². The Morgan fingerprint density at radius 3 is 2.83 bits per heavy atom. The van der Waals surface area contributed by atoms with Crippen LogP contribution in [0.25, 0.3) is 22.3 Å². The molecule has 2 saturated heterocycles. The van der Waals surface area contributed by atoms with E-state index in [1.165, 1.54) is 10.9 Å². The SMILES string of the molecule is C[C@]1(P(O)(=S)OC[C@H]2O[C@@H](n3nnc4c(=O)[nH]cnc43)[C@@H](F)[C@@H]2O)C[C@@H](CO)O[C@H]1n1cnc2c(=O)[nH]c(N)nc21. The second kappa shape index (κ2) is 9.95. The van der Waals surface area contributed by atoms with Crippen LogP contribution >= 0.6 is 6.49 Å². The van der Waals surface area contributed by atoms with Gasteiger partial charge in [0, 0.05) is 0 Å². The van der Waals surface area contributed by atoms with Crippen molar-refractivity contribution in [3.05, 3.63) is 33.4 Å². The van der Waals surface area contributed by atoms with Crippen molar-refractivity contribution in [2.24, 2.45) is 0 Å². The van der Waals surface area contributed by atoms with E-state index >= 15 is 4.39 Å². The van der Waals surface area contributed by atoms with Crippen LogP contribution in [0.3, 0.4) is 0 Å². The van der Waals surface area contributed by atoms with Crippen LogP contribution in [0, 0.1) is 0 Å². The van der Waals surface area contributed by atoms with E-state index in [4.69, 9.17) is 31.5 Å². The average Bonchev–Trinajstić information content (AvgIpc) is 3.69. The zero-order chi connectivity index (χ0) is 29.3. The summed E-state index contributed by atoms with van der Waals surface area (Å²) in [4.78, 5) is 52.6. The highest BCUT2D eigenvalue weighted by atomic mass is 32.5. The van der Waals surface area contributed by atoms with Crippen LogP contribution in [-0.2, 0) is 25.8 Å². The number of nitrogen functional groups attached to an aromatic ring is 1. The largest absolute Gasteiger partial charge is 0.394 e. The van der Waals surface area contributed by atoms with Gasteiger partial charge in [0.25, 0.3) is 11.1 Å². The highest BCUT2D eigenvalue weighted by molar-refractivity contribution is 8.10. The average molecular weight is 615 g/mol. The number of ether oxygens (including phenoxy) is 2. The summed E-state index contributed by atoms with van der Waals surface area (Å²) in [6.07, 6.45) is -6.02. The topological polar surface area (TPSA) is 254 Å². The third kappa shape index (κ3) is 4.38. The quantitative estimate of drug-likeness (QED) is 0.125. The molecule has 6 heterocycles. The van der Waals surface area contributed by atoms with Gasteiger partial charge in [-0.05, 0) is 25.2 Å². The van der Waals surface area contributed by atoms with Gasteiger partial charge in [-0.15, -0.1) is 5.10 Å². The van der Waals surface area contributed by atoms with Crippen LogP contribution in [0.15, 0.2) is 22.2 Å². The Labute approximate surface area is 232 Å². The summed E-state index contributed by atoms with van der Waals surface area (Å²) in [7, 11) is 0. The molecule has 4 aromatic rings. The highest BCUT2D eigenvalue weighted by Crippen LogP contribution is 2.65. The Morgan fingerprint density at radius 1 is 1.29 bits per heavy atom. The van der Waals surface area contributed by atoms with E-state index < -0.39 is 72.9 Å². The number of halogens is 1. The number of hydrogen-bond donors (Lipinski definition) is 6. The van der Waals surface area contributed by atoms with E-state index in [0.717, 1.165) is 11.0 Å². The molecule has 1 unspecified atom stereocenters. The molecule has 0 aliphatic carbocycles.